The molecule has 0 spiro atoms. The fourth-order valence-electron chi connectivity index (χ4n) is 2.47. The minimum absolute atomic E-state index is 0.138. The zero-order valence-corrected chi connectivity index (χ0v) is 12.0. The number of rotatable bonds is 7. The maximum absolute atomic E-state index is 12.4. The molecular formula is C16H23NO3. The lowest BCUT2D eigenvalue weighted by Gasteiger charge is -2.37. The molecule has 20 heavy (non-hydrogen) atoms. The highest BCUT2D eigenvalue weighted by molar-refractivity contribution is 5.79. The van der Waals surface area contributed by atoms with Gasteiger partial charge < -0.3 is 14.7 Å². The Morgan fingerprint density at radius 1 is 1.35 bits per heavy atom. The normalized spacial score (nSPS) is 14.7. The molecule has 0 saturated heterocycles. The molecule has 4 nitrogen and oxygen atoms in total. The van der Waals surface area contributed by atoms with Crippen LogP contribution in [0.5, 0.6) is 5.75 Å². The Morgan fingerprint density at radius 3 is 2.55 bits per heavy atom. The second-order valence-electron chi connectivity index (χ2n) is 5.27. The number of hydrogen-bond acceptors (Lipinski definition) is 3. The molecule has 1 fully saturated rings. The van der Waals surface area contributed by atoms with Crippen LogP contribution < -0.4 is 4.74 Å². The van der Waals surface area contributed by atoms with E-state index in [4.69, 9.17) is 9.84 Å². The number of aliphatic hydroxyl groups is 1. The lowest BCUT2D eigenvalue weighted by Crippen LogP contribution is -2.45. The van der Waals surface area contributed by atoms with Crippen LogP contribution in [0.15, 0.2) is 24.3 Å². The Kier molecular flexibility index (Phi) is 5.41. The van der Waals surface area contributed by atoms with Crippen LogP contribution in [0.2, 0.25) is 0 Å². The van der Waals surface area contributed by atoms with Gasteiger partial charge in [0.2, 0.25) is 5.91 Å². The average molecular weight is 277 g/mol. The Morgan fingerprint density at radius 2 is 2.05 bits per heavy atom. The number of ether oxygens (including phenoxy) is 1. The van der Waals surface area contributed by atoms with Crippen molar-refractivity contribution in [2.75, 3.05) is 20.3 Å². The molecule has 1 N–H and O–H groups in total. The van der Waals surface area contributed by atoms with Gasteiger partial charge in [-0.05, 0) is 43.4 Å². The largest absolute Gasteiger partial charge is 0.497 e. The molecule has 1 amide bonds. The minimum atomic E-state index is 0.138. The van der Waals surface area contributed by atoms with Crippen molar-refractivity contribution in [1.29, 1.82) is 0 Å². The zero-order valence-electron chi connectivity index (χ0n) is 12.0. The third-order valence-electron chi connectivity index (χ3n) is 3.91. The number of hydrogen-bond donors (Lipinski definition) is 1. The maximum Gasteiger partial charge on any atom is 0.227 e. The summed E-state index contributed by atoms with van der Waals surface area (Å²) < 4.78 is 5.12. The van der Waals surface area contributed by atoms with E-state index in [0.29, 0.717) is 25.4 Å². The third kappa shape index (κ3) is 3.73. The first kappa shape index (κ1) is 14.9. The van der Waals surface area contributed by atoms with Crippen LogP contribution in [0.4, 0.5) is 0 Å². The molecule has 0 radical (unpaired) electrons. The van der Waals surface area contributed by atoms with E-state index in [2.05, 4.69) is 0 Å². The van der Waals surface area contributed by atoms with Crippen LogP contribution in [0.25, 0.3) is 0 Å². The van der Waals surface area contributed by atoms with E-state index in [1.807, 2.05) is 29.2 Å². The van der Waals surface area contributed by atoms with Gasteiger partial charge in [0, 0.05) is 19.2 Å². The van der Waals surface area contributed by atoms with E-state index >= 15 is 0 Å². The predicted octanol–water partition coefficient (Wildman–Crippen LogP) is 2.00. The van der Waals surface area contributed by atoms with Gasteiger partial charge in [-0.1, -0.05) is 12.1 Å². The van der Waals surface area contributed by atoms with Crippen molar-refractivity contribution < 1.29 is 14.6 Å². The molecule has 110 valence electrons. The van der Waals surface area contributed by atoms with Crippen molar-refractivity contribution in [3.05, 3.63) is 29.8 Å². The van der Waals surface area contributed by atoms with E-state index in [1.165, 1.54) is 6.42 Å². The second-order valence-corrected chi connectivity index (χ2v) is 5.27. The number of methoxy groups -OCH3 is 1. The second kappa shape index (κ2) is 7.29. The summed E-state index contributed by atoms with van der Waals surface area (Å²) in [5.41, 5.74) is 1.00. The van der Waals surface area contributed by atoms with Gasteiger partial charge in [0.1, 0.15) is 5.75 Å². The first-order valence-electron chi connectivity index (χ1n) is 7.28. The lowest BCUT2D eigenvalue weighted by atomic mass is 9.91. The van der Waals surface area contributed by atoms with E-state index in [1.54, 1.807) is 7.11 Å². The van der Waals surface area contributed by atoms with Gasteiger partial charge in [0.25, 0.3) is 0 Å². The molecule has 0 bridgehead atoms. The third-order valence-corrected chi connectivity index (χ3v) is 3.91. The summed E-state index contributed by atoms with van der Waals surface area (Å²) in [5, 5.41) is 8.96. The van der Waals surface area contributed by atoms with Gasteiger partial charge in [-0.3, -0.25) is 4.79 Å². The van der Waals surface area contributed by atoms with E-state index < -0.39 is 0 Å². The van der Waals surface area contributed by atoms with E-state index in [9.17, 15) is 4.79 Å². The molecule has 1 aromatic rings. The van der Waals surface area contributed by atoms with Gasteiger partial charge in [0.15, 0.2) is 0 Å². The summed E-state index contributed by atoms with van der Waals surface area (Å²) in [6.45, 7) is 0.801. The summed E-state index contributed by atoms with van der Waals surface area (Å²) in [7, 11) is 1.63. The summed E-state index contributed by atoms with van der Waals surface area (Å²) in [4.78, 5) is 14.4. The van der Waals surface area contributed by atoms with Crippen LogP contribution in [0.3, 0.4) is 0 Å². The molecule has 0 heterocycles. The number of nitrogens with zero attached hydrogens (tertiary/aromatic N) is 1. The van der Waals surface area contributed by atoms with Crippen LogP contribution in [0, 0.1) is 0 Å². The topological polar surface area (TPSA) is 49.8 Å². The lowest BCUT2D eigenvalue weighted by molar-refractivity contribution is -0.134. The summed E-state index contributed by atoms with van der Waals surface area (Å²) in [6.07, 6.45) is 4.48. The molecule has 0 aliphatic heterocycles. The van der Waals surface area contributed by atoms with Crippen LogP contribution >= 0.6 is 0 Å². The number of carbonyl (C=O) groups is 1. The Hall–Kier alpha value is -1.55. The quantitative estimate of drug-likeness (QED) is 0.829. The summed E-state index contributed by atoms with van der Waals surface area (Å²) in [6, 6.07) is 8.00. The summed E-state index contributed by atoms with van der Waals surface area (Å²) in [5.74, 6) is 0.964. The molecule has 0 atom stereocenters. The molecule has 1 aliphatic carbocycles. The fraction of sp³-hybridized carbons (Fsp3) is 0.562. The van der Waals surface area contributed by atoms with Gasteiger partial charge in [0.05, 0.1) is 13.5 Å². The highest BCUT2D eigenvalue weighted by atomic mass is 16.5. The van der Waals surface area contributed by atoms with E-state index in [0.717, 1.165) is 24.2 Å². The highest BCUT2D eigenvalue weighted by Crippen LogP contribution is 2.25. The van der Waals surface area contributed by atoms with Gasteiger partial charge >= 0.3 is 0 Å². The SMILES string of the molecule is COc1ccc(CC(=O)N(CCCO)C2CCC2)cc1. The molecule has 1 aromatic carbocycles. The minimum Gasteiger partial charge on any atom is -0.497 e. The predicted molar refractivity (Wildman–Crippen MR) is 77.8 cm³/mol. The number of carbonyl (C=O) groups excluding carboxylic acids is 1. The average Bonchev–Trinajstić information content (AvgIpc) is 2.42. The first-order chi connectivity index (χ1) is 9.74. The van der Waals surface area contributed by atoms with Crippen molar-refractivity contribution in [3.8, 4) is 5.75 Å². The Balaban J connectivity index is 1.95. The Labute approximate surface area is 120 Å². The maximum atomic E-state index is 12.4. The molecule has 4 heteroatoms. The van der Waals surface area contributed by atoms with Gasteiger partial charge in [-0.25, -0.2) is 0 Å². The van der Waals surface area contributed by atoms with Crippen LogP contribution in [0.1, 0.15) is 31.2 Å². The molecule has 2 rings (SSSR count). The van der Waals surface area contributed by atoms with Gasteiger partial charge in [-0.2, -0.15) is 0 Å². The smallest absolute Gasteiger partial charge is 0.227 e. The monoisotopic (exact) mass is 277 g/mol. The van der Waals surface area contributed by atoms with Gasteiger partial charge in [-0.15, -0.1) is 0 Å². The van der Waals surface area contributed by atoms with Crippen molar-refractivity contribution in [2.45, 2.75) is 38.1 Å². The van der Waals surface area contributed by atoms with Crippen molar-refractivity contribution in [3.63, 3.8) is 0 Å². The molecule has 1 saturated carbocycles. The van der Waals surface area contributed by atoms with E-state index in [-0.39, 0.29) is 12.5 Å². The first-order valence-corrected chi connectivity index (χ1v) is 7.28. The standard InChI is InChI=1S/C16H23NO3/c1-20-15-8-6-13(7-9-15)12-16(19)17(10-3-11-18)14-4-2-5-14/h6-9,14,18H,2-5,10-12H2,1H3. The van der Waals surface area contributed by atoms with Crippen molar-refractivity contribution >= 4 is 5.91 Å². The van der Waals surface area contributed by atoms with Crippen LogP contribution in [-0.4, -0.2) is 42.2 Å². The fourth-order valence-corrected chi connectivity index (χ4v) is 2.47. The number of amides is 1. The number of benzene rings is 1. The summed E-state index contributed by atoms with van der Waals surface area (Å²) >= 11 is 0. The molecule has 0 aromatic heterocycles. The highest BCUT2D eigenvalue weighted by Gasteiger charge is 2.28. The molecular weight excluding hydrogens is 254 g/mol. The van der Waals surface area contributed by atoms with Crippen molar-refractivity contribution in [2.24, 2.45) is 0 Å². The molecule has 0 unspecified atom stereocenters. The molecule has 1 aliphatic rings. The van der Waals surface area contributed by atoms with Crippen LogP contribution in [-0.2, 0) is 11.2 Å². The van der Waals surface area contributed by atoms with Crippen molar-refractivity contribution in [1.82, 2.24) is 4.90 Å². The number of aliphatic hydroxyl groups excluding tert-OH is 1. The zero-order chi connectivity index (χ0) is 14.4. The Bertz CT molecular complexity index is 426.